The summed E-state index contributed by atoms with van der Waals surface area (Å²) in [5.41, 5.74) is 1.92. The summed E-state index contributed by atoms with van der Waals surface area (Å²) in [7, 11) is 1.41. The molecule has 0 radical (unpaired) electrons. The number of hydrogen-bond donors (Lipinski definition) is 0. The summed E-state index contributed by atoms with van der Waals surface area (Å²) >= 11 is 0. The van der Waals surface area contributed by atoms with Crippen LogP contribution in [0, 0.1) is 0 Å². The van der Waals surface area contributed by atoms with Crippen LogP contribution < -0.4 is 0 Å². The van der Waals surface area contributed by atoms with Crippen LogP contribution in [0.2, 0.25) is 0 Å². The van der Waals surface area contributed by atoms with Crippen LogP contribution >= 0.6 is 0 Å². The Hall–Kier alpha value is -1.35. The lowest BCUT2D eigenvalue weighted by Gasteiger charge is -2.13. The Balaban J connectivity index is 1.77. The van der Waals surface area contributed by atoms with Crippen LogP contribution in [0.1, 0.15) is 35.2 Å². The minimum absolute atomic E-state index is 0.265. The van der Waals surface area contributed by atoms with E-state index in [0.29, 0.717) is 5.56 Å². The van der Waals surface area contributed by atoms with Crippen molar-refractivity contribution in [2.24, 2.45) is 0 Å². The molecule has 0 unspecified atom stereocenters. The lowest BCUT2D eigenvalue weighted by Crippen LogP contribution is -2.20. The highest BCUT2D eigenvalue weighted by Crippen LogP contribution is 2.11. The third-order valence-corrected chi connectivity index (χ3v) is 3.51. The first kappa shape index (κ1) is 13.1. The van der Waals surface area contributed by atoms with Gasteiger partial charge in [0, 0.05) is 0 Å². The van der Waals surface area contributed by atoms with Gasteiger partial charge in [0.15, 0.2) is 0 Å². The molecule has 0 spiro atoms. The number of likely N-dealkylation sites (tertiary alicyclic amines) is 1. The first-order valence-corrected chi connectivity index (χ1v) is 6.69. The van der Waals surface area contributed by atoms with E-state index in [0.717, 1.165) is 6.42 Å². The van der Waals surface area contributed by atoms with Crippen molar-refractivity contribution in [1.29, 1.82) is 0 Å². The predicted molar refractivity (Wildman–Crippen MR) is 71.8 cm³/mol. The number of nitrogens with zero attached hydrogens (tertiary/aromatic N) is 1. The average molecular weight is 247 g/mol. The Morgan fingerprint density at radius 2 is 1.89 bits per heavy atom. The summed E-state index contributed by atoms with van der Waals surface area (Å²) in [4.78, 5) is 13.8. The Morgan fingerprint density at radius 3 is 2.50 bits per heavy atom. The van der Waals surface area contributed by atoms with E-state index in [9.17, 15) is 4.79 Å². The number of carbonyl (C=O) groups is 1. The van der Waals surface area contributed by atoms with E-state index in [4.69, 9.17) is 0 Å². The van der Waals surface area contributed by atoms with Gasteiger partial charge in [-0.3, -0.25) is 0 Å². The van der Waals surface area contributed by atoms with Gasteiger partial charge in [-0.05, 0) is 63.0 Å². The Kier molecular flexibility index (Phi) is 4.76. The van der Waals surface area contributed by atoms with E-state index in [1.807, 2.05) is 24.3 Å². The molecule has 1 fully saturated rings. The van der Waals surface area contributed by atoms with Gasteiger partial charge in [0.1, 0.15) is 0 Å². The van der Waals surface area contributed by atoms with E-state index < -0.39 is 0 Å². The van der Waals surface area contributed by atoms with Gasteiger partial charge in [0.25, 0.3) is 0 Å². The molecule has 1 saturated heterocycles. The van der Waals surface area contributed by atoms with Crippen molar-refractivity contribution >= 4 is 5.97 Å². The van der Waals surface area contributed by atoms with Gasteiger partial charge >= 0.3 is 5.97 Å². The number of benzene rings is 1. The highest BCUT2D eigenvalue weighted by Gasteiger charge is 2.10. The van der Waals surface area contributed by atoms with Gasteiger partial charge in [-0.25, -0.2) is 4.79 Å². The molecule has 0 bridgehead atoms. The molecular formula is C15H21NO2. The topological polar surface area (TPSA) is 29.5 Å². The van der Waals surface area contributed by atoms with Crippen LogP contribution in [0.5, 0.6) is 0 Å². The summed E-state index contributed by atoms with van der Waals surface area (Å²) < 4.78 is 4.68. The molecule has 0 saturated carbocycles. The molecule has 1 aromatic rings. The predicted octanol–water partition coefficient (Wildman–Crippen LogP) is 2.50. The van der Waals surface area contributed by atoms with Gasteiger partial charge in [0.05, 0.1) is 12.7 Å². The SMILES string of the molecule is COC(=O)c1ccc(CCCN2CCCC2)cc1. The molecule has 0 atom stereocenters. The molecule has 0 N–H and O–H groups in total. The number of ether oxygens (including phenoxy) is 1. The van der Waals surface area contributed by atoms with Crippen LogP contribution in [0.15, 0.2) is 24.3 Å². The maximum Gasteiger partial charge on any atom is 0.337 e. The first-order chi connectivity index (χ1) is 8.79. The van der Waals surface area contributed by atoms with Gasteiger partial charge in [-0.2, -0.15) is 0 Å². The van der Waals surface area contributed by atoms with Crippen molar-refractivity contribution in [3.63, 3.8) is 0 Å². The monoisotopic (exact) mass is 247 g/mol. The average Bonchev–Trinajstić information content (AvgIpc) is 2.92. The minimum atomic E-state index is -0.265. The largest absolute Gasteiger partial charge is 0.465 e. The second-order valence-electron chi connectivity index (χ2n) is 4.84. The number of rotatable bonds is 5. The van der Waals surface area contributed by atoms with E-state index in [-0.39, 0.29) is 5.97 Å². The fourth-order valence-corrected chi connectivity index (χ4v) is 2.44. The fourth-order valence-electron chi connectivity index (χ4n) is 2.44. The number of hydrogen-bond acceptors (Lipinski definition) is 3. The van der Waals surface area contributed by atoms with Gasteiger partial charge in [-0.15, -0.1) is 0 Å². The molecule has 1 heterocycles. The maximum atomic E-state index is 11.3. The number of aryl methyl sites for hydroxylation is 1. The van der Waals surface area contributed by atoms with E-state index in [1.54, 1.807) is 0 Å². The molecule has 2 rings (SSSR count). The molecule has 1 aromatic carbocycles. The molecule has 1 aliphatic rings. The second kappa shape index (κ2) is 6.55. The third-order valence-electron chi connectivity index (χ3n) is 3.51. The van der Waals surface area contributed by atoms with Gasteiger partial charge in [0.2, 0.25) is 0 Å². The third kappa shape index (κ3) is 3.57. The molecule has 3 heteroatoms. The van der Waals surface area contributed by atoms with Crippen LogP contribution in [-0.4, -0.2) is 37.6 Å². The van der Waals surface area contributed by atoms with Crippen molar-refractivity contribution in [2.45, 2.75) is 25.7 Å². The van der Waals surface area contributed by atoms with Gasteiger partial charge < -0.3 is 9.64 Å². The minimum Gasteiger partial charge on any atom is -0.465 e. The lowest BCUT2D eigenvalue weighted by molar-refractivity contribution is 0.0600. The molecule has 0 amide bonds. The van der Waals surface area contributed by atoms with Gasteiger partial charge in [-0.1, -0.05) is 12.1 Å². The first-order valence-electron chi connectivity index (χ1n) is 6.69. The van der Waals surface area contributed by atoms with Crippen molar-refractivity contribution in [1.82, 2.24) is 4.90 Å². The standard InChI is InChI=1S/C15H21NO2/c1-18-15(17)14-8-6-13(7-9-14)5-4-12-16-10-2-3-11-16/h6-9H,2-5,10-12H2,1H3. The summed E-state index contributed by atoms with van der Waals surface area (Å²) in [5.74, 6) is -0.265. The Bertz CT molecular complexity index is 380. The van der Waals surface area contributed by atoms with Crippen LogP contribution in [0.4, 0.5) is 0 Å². The zero-order valence-corrected chi connectivity index (χ0v) is 11.0. The second-order valence-corrected chi connectivity index (χ2v) is 4.84. The maximum absolute atomic E-state index is 11.3. The quantitative estimate of drug-likeness (QED) is 0.749. The van der Waals surface area contributed by atoms with E-state index in [1.165, 1.54) is 51.6 Å². The molecule has 0 aromatic heterocycles. The van der Waals surface area contributed by atoms with Crippen LogP contribution in [-0.2, 0) is 11.2 Å². The summed E-state index contributed by atoms with van der Waals surface area (Å²) in [6.07, 6.45) is 4.98. The Morgan fingerprint density at radius 1 is 1.22 bits per heavy atom. The summed E-state index contributed by atoms with van der Waals surface area (Å²) in [5, 5.41) is 0. The molecular weight excluding hydrogens is 226 g/mol. The molecule has 18 heavy (non-hydrogen) atoms. The molecule has 1 aliphatic heterocycles. The van der Waals surface area contributed by atoms with E-state index >= 15 is 0 Å². The molecule has 0 aliphatic carbocycles. The highest BCUT2D eigenvalue weighted by atomic mass is 16.5. The van der Waals surface area contributed by atoms with Crippen molar-refractivity contribution in [3.05, 3.63) is 35.4 Å². The van der Waals surface area contributed by atoms with Crippen molar-refractivity contribution in [2.75, 3.05) is 26.7 Å². The molecule has 98 valence electrons. The fraction of sp³-hybridized carbons (Fsp3) is 0.533. The van der Waals surface area contributed by atoms with Crippen LogP contribution in [0.3, 0.4) is 0 Å². The highest BCUT2D eigenvalue weighted by molar-refractivity contribution is 5.89. The number of carbonyl (C=O) groups excluding carboxylic acids is 1. The molecule has 3 nitrogen and oxygen atoms in total. The summed E-state index contributed by atoms with van der Waals surface area (Å²) in [6.45, 7) is 3.72. The van der Waals surface area contributed by atoms with Crippen molar-refractivity contribution < 1.29 is 9.53 Å². The van der Waals surface area contributed by atoms with E-state index in [2.05, 4.69) is 9.64 Å². The van der Waals surface area contributed by atoms with Crippen molar-refractivity contribution in [3.8, 4) is 0 Å². The zero-order chi connectivity index (χ0) is 12.8. The number of methoxy groups -OCH3 is 1. The normalized spacial score (nSPS) is 15.8. The van der Waals surface area contributed by atoms with Crippen LogP contribution in [0.25, 0.3) is 0 Å². The lowest BCUT2D eigenvalue weighted by atomic mass is 10.1. The summed E-state index contributed by atoms with van der Waals surface area (Å²) in [6, 6.07) is 7.74. The Labute approximate surface area is 109 Å². The smallest absolute Gasteiger partial charge is 0.337 e. The zero-order valence-electron chi connectivity index (χ0n) is 11.0. The number of esters is 1.